The van der Waals surface area contributed by atoms with E-state index in [2.05, 4.69) is 10.4 Å². The molecule has 2 aromatic carbocycles. The zero-order chi connectivity index (χ0) is 19.5. The Morgan fingerprint density at radius 1 is 1.25 bits per heavy atom. The number of benzene rings is 2. The van der Waals surface area contributed by atoms with Crippen LogP contribution in [0, 0.1) is 0 Å². The van der Waals surface area contributed by atoms with Gasteiger partial charge in [-0.1, -0.05) is 29.8 Å². The van der Waals surface area contributed by atoms with Crippen LogP contribution < -0.4 is 19.5 Å². The lowest BCUT2D eigenvalue weighted by Gasteiger charge is -2.09. The maximum atomic E-state index is 12.6. The predicted molar refractivity (Wildman–Crippen MR) is 104 cm³/mol. The molecule has 4 rings (SSSR count). The summed E-state index contributed by atoms with van der Waals surface area (Å²) in [5.74, 6) is 1.76. The zero-order valence-corrected chi connectivity index (χ0v) is 15.9. The van der Waals surface area contributed by atoms with E-state index in [0.717, 1.165) is 0 Å². The molecule has 1 aliphatic rings. The predicted octanol–water partition coefficient (Wildman–Crippen LogP) is 3.28. The van der Waals surface area contributed by atoms with E-state index in [-0.39, 0.29) is 12.7 Å². The van der Waals surface area contributed by atoms with Crippen LogP contribution in [0.5, 0.6) is 17.2 Å². The van der Waals surface area contributed by atoms with E-state index in [1.54, 1.807) is 42.2 Å². The van der Waals surface area contributed by atoms with Crippen LogP contribution in [0.3, 0.4) is 0 Å². The van der Waals surface area contributed by atoms with E-state index < -0.39 is 0 Å². The van der Waals surface area contributed by atoms with Crippen molar-refractivity contribution in [3.05, 3.63) is 59.2 Å². The molecule has 1 N–H and O–H groups in total. The van der Waals surface area contributed by atoms with E-state index in [4.69, 9.17) is 25.8 Å². The highest BCUT2D eigenvalue weighted by molar-refractivity contribution is 6.33. The van der Waals surface area contributed by atoms with Gasteiger partial charge in [0.25, 0.3) is 5.91 Å². The number of hydrogen-bond donors (Lipinski definition) is 1. The molecule has 0 saturated heterocycles. The van der Waals surface area contributed by atoms with Crippen molar-refractivity contribution in [1.29, 1.82) is 0 Å². The molecule has 8 heteroatoms. The number of aromatic nitrogens is 2. The molecule has 0 unspecified atom stereocenters. The number of carbonyl (C=O) groups is 1. The SMILES string of the molecule is Cn1cc(C(=O)NCCOc2ccc3c(c2)OCO3)c(-c2ccccc2Cl)n1. The first-order valence-electron chi connectivity index (χ1n) is 8.71. The highest BCUT2D eigenvalue weighted by Crippen LogP contribution is 2.35. The van der Waals surface area contributed by atoms with Crippen LogP contribution in [0.1, 0.15) is 10.4 Å². The number of nitrogens with zero attached hydrogens (tertiary/aromatic N) is 2. The molecule has 28 heavy (non-hydrogen) atoms. The molecular formula is C20H18ClN3O4. The van der Waals surface area contributed by atoms with Gasteiger partial charge in [-0.05, 0) is 18.2 Å². The van der Waals surface area contributed by atoms with Crippen molar-refractivity contribution in [3.8, 4) is 28.5 Å². The summed E-state index contributed by atoms with van der Waals surface area (Å²) in [6.07, 6.45) is 1.67. The largest absolute Gasteiger partial charge is 0.492 e. The number of halogens is 1. The lowest BCUT2D eigenvalue weighted by molar-refractivity contribution is 0.0947. The minimum Gasteiger partial charge on any atom is -0.492 e. The van der Waals surface area contributed by atoms with Crippen LogP contribution in [-0.2, 0) is 7.05 Å². The molecule has 3 aromatic rings. The molecular weight excluding hydrogens is 382 g/mol. The van der Waals surface area contributed by atoms with E-state index in [9.17, 15) is 4.79 Å². The number of hydrogen-bond acceptors (Lipinski definition) is 5. The van der Waals surface area contributed by atoms with Gasteiger partial charge in [-0.25, -0.2) is 0 Å². The van der Waals surface area contributed by atoms with Crippen molar-refractivity contribution in [2.45, 2.75) is 0 Å². The topological polar surface area (TPSA) is 74.6 Å². The zero-order valence-electron chi connectivity index (χ0n) is 15.1. The van der Waals surface area contributed by atoms with E-state index >= 15 is 0 Å². The Morgan fingerprint density at radius 3 is 2.93 bits per heavy atom. The Balaban J connectivity index is 1.38. The number of fused-ring (bicyclic) bond motifs is 1. The average molecular weight is 400 g/mol. The van der Waals surface area contributed by atoms with Crippen molar-refractivity contribution in [2.75, 3.05) is 19.9 Å². The van der Waals surface area contributed by atoms with Gasteiger partial charge in [0.15, 0.2) is 11.5 Å². The normalized spacial score (nSPS) is 12.1. The van der Waals surface area contributed by atoms with Crippen molar-refractivity contribution in [2.24, 2.45) is 7.05 Å². The van der Waals surface area contributed by atoms with Crippen LogP contribution in [0.25, 0.3) is 11.3 Å². The first kappa shape index (κ1) is 18.2. The molecule has 1 amide bonds. The molecule has 7 nitrogen and oxygen atoms in total. The first-order valence-corrected chi connectivity index (χ1v) is 9.09. The minimum atomic E-state index is -0.239. The second-order valence-corrected chi connectivity index (χ2v) is 6.57. The summed E-state index contributed by atoms with van der Waals surface area (Å²) in [6, 6.07) is 12.7. The third-order valence-corrected chi connectivity index (χ3v) is 4.53. The van der Waals surface area contributed by atoms with Gasteiger partial charge in [0.2, 0.25) is 6.79 Å². The summed E-state index contributed by atoms with van der Waals surface area (Å²) in [6.45, 7) is 0.866. The number of amides is 1. The molecule has 0 bridgehead atoms. The second kappa shape index (κ2) is 7.82. The van der Waals surface area contributed by atoms with Gasteiger partial charge < -0.3 is 19.5 Å². The monoisotopic (exact) mass is 399 g/mol. The van der Waals surface area contributed by atoms with Crippen molar-refractivity contribution in [3.63, 3.8) is 0 Å². The summed E-state index contributed by atoms with van der Waals surface area (Å²) in [4.78, 5) is 12.6. The maximum absolute atomic E-state index is 12.6. The van der Waals surface area contributed by atoms with Crippen LogP contribution in [0.4, 0.5) is 0 Å². The molecule has 0 radical (unpaired) electrons. The van der Waals surface area contributed by atoms with Crippen LogP contribution in [0.2, 0.25) is 5.02 Å². The van der Waals surface area contributed by atoms with Crippen molar-refractivity contribution < 1.29 is 19.0 Å². The number of nitrogens with one attached hydrogen (secondary N) is 1. The molecule has 0 saturated carbocycles. The Hall–Kier alpha value is -3.19. The van der Waals surface area contributed by atoms with Gasteiger partial charge in [0.05, 0.1) is 17.1 Å². The minimum absolute atomic E-state index is 0.216. The summed E-state index contributed by atoms with van der Waals surface area (Å²) in [5, 5.41) is 7.78. The Kier molecular flexibility index (Phi) is 5.08. The van der Waals surface area contributed by atoms with Gasteiger partial charge in [-0.2, -0.15) is 5.10 Å². The van der Waals surface area contributed by atoms with Gasteiger partial charge in [0, 0.05) is 24.9 Å². The quantitative estimate of drug-likeness (QED) is 0.644. The average Bonchev–Trinajstić information content (AvgIpc) is 3.31. The molecule has 0 fully saturated rings. The highest BCUT2D eigenvalue weighted by atomic mass is 35.5. The summed E-state index contributed by atoms with van der Waals surface area (Å²) >= 11 is 6.26. The van der Waals surface area contributed by atoms with E-state index in [1.807, 2.05) is 18.2 Å². The van der Waals surface area contributed by atoms with Crippen LogP contribution in [-0.4, -0.2) is 35.6 Å². The van der Waals surface area contributed by atoms with Crippen LogP contribution >= 0.6 is 11.6 Å². The lowest BCUT2D eigenvalue weighted by Crippen LogP contribution is -2.28. The first-order chi connectivity index (χ1) is 13.6. The lowest BCUT2D eigenvalue weighted by atomic mass is 10.1. The third kappa shape index (κ3) is 3.75. The highest BCUT2D eigenvalue weighted by Gasteiger charge is 2.19. The summed E-state index contributed by atoms with van der Waals surface area (Å²) in [5.41, 5.74) is 1.72. The number of aryl methyl sites for hydroxylation is 1. The number of carbonyl (C=O) groups excluding carboxylic acids is 1. The molecule has 0 aliphatic carbocycles. The summed E-state index contributed by atoms with van der Waals surface area (Å²) in [7, 11) is 1.76. The fourth-order valence-corrected chi connectivity index (χ4v) is 3.13. The van der Waals surface area contributed by atoms with Crippen molar-refractivity contribution >= 4 is 17.5 Å². The van der Waals surface area contributed by atoms with E-state index in [1.165, 1.54) is 0 Å². The fourth-order valence-electron chi connectivity index (χ4n) is 2.90. The van der Waals surface area contributed by atoms with Gasteiger partial charge >= 0.3 is 0 Å². The molecule has 1 aliphatic heterocycles. The Morgan fingerprint density at radius 2 is 2.07 bits per heavy atom. The molecule has 144 valence electrons. The molecule has 0 spiro atoms. The number of ether oxygens (including phenoxy) is 3. The molecule has 2 heterocycles. The Bertz CT molecular complexity index is 1020. The third-order valence-electron chi connectivity index (χ3n) is 4.20. The Labute approximate surface area is 166 Å². The second-order valence-electron chi connectivity index (χ2n) is 6.16. The smallest absolute Gasteiger partial charge is 0.255 e. The van der Waals surface area contributed by atoms with Crippen molar-refractivity contribution in [1.82, 2.24) is 15.1 Å². The van der Waals surface area contributed by atoms with Gasteiger partial charge in [-0.15, -0.1) is 0 Å². The number of rotatable bonds is 6. The van der Waals surface area contributed by atoms with Crippen LogP contribution in [0.15, 0.2) is 48.7 Å². The fraction of sp³-hybridized carbons (Fsp3) is 0.200. The van der Waals surface area contributed by atoms with Gasteiger partial charge in [0.1, 0.15) is 18.1 Å². The van der Waals surface area contributed by atoms with Gasteiger partial charge in [-0.3, -0.25) is 9.48 Å². The molecule has 0 atom stereocenters. The molecule has 1 aromatic heterocycles. The standard InChI is InChI=1S/C20H18ClN3O4/c1-24-11-15(19(23-24)14-4-2-3-5-16(14)21)20(25)22-8-9-26-13-6-7-17-18(10-13)28-12-27-17/h2-7,10-11H,8-9,12H2,1H3,(H,22,25). The van der Waals surface area contributed by atoms with E-state index in [0.29, 0.717) is 52.2 Å². The maximum Gasteiger partial charge on any atom is 0.255 e. The summed E-state index contributed by atoms with van der Waals surface area (Å²) < 4.78 is 17.8.